The lowest BCUT2D eigenvalue weighted by molar-refractivity contribution is 0.146. The number of hydrogen-bond donors (Lipinski definition) is 3. The van der Waals surface area contributed by atoms with Crippen LogP contribution in [0.2, 0.25) is 0 Å². The number of pyridine rings is 1. The van der Waals surface area contributed by atoms with E-state index in [1.807, 2.05) is 19.9 Å². The van der Waals surface area contributed by atoms with E-state index in [-0.39, 0.29) is 39.8 Å². The molecule has 0 bridgehead atoms. The summed E-state index contributed by atoms with van der Waals surface area (Å²) in [5, 5.41) is 17.5. The van der Waals surface area contributed by atoms with Crippen LogP contribution in [0.1, 0.15) is 63.4 Å². The fourth-order valence-electron chi connectivity index (χ4n) is 5.16. The number of rotatable bonds is 5. The summed E-state index contributed by atoms with van der Waals surface area (Å²) in [6.45, 7) is 9.79. The lowest BCUT2D eigenvalue weighted by Crippen LogP contribution is -2.38. The van der Waals surface area contributed by atoms with Crippen molar-refractivity contribution in [2.75, 3.05) is 11.9 Å². The van der Waals surface area contributed by atoms with Crippen LogP contribution in [-0.2, 0) is 17.6 Å². The summed E-state index contributed by atoms with van der Waals surface area (Å²) < 4.78 is 18.0. The van der Waals surface area contributed by atoms with Crippen LogP contribution in [0, 0.1) is 5.82 Å². The molecule has 1 aliphatic heterocycles. The van der Waals surface area contributed by atoms with Crippen molar-refractivity contribution in [2.45, 2.75) is 64.1 Å². The van der Waals surface area contributed by atoms with E-state index >= 15 is 4.39 Å². The van der Waals surface area contributed by atoms with Gasteiger partial charge in [0.2, 0.25) is 5.95 Å². The molecule has 2 aliphatic rings. The number of benzene rings is 1. The van der Waals surface area contributed by atoms with Crippen LogP contribution >= 0.6 is 0 Å². The van der Waals surface area contributed by atoms with Gasteiger partial charge >= 0.3 is 0 Å². The molecule has 0 atom stereocenters. The van der Waals surface area contributed by atoms with Gasteiger partial charge in [-0.15, -0.1) is 0 Å². The van der Waals surface area contributed by atoms with E-state index in [1.54, 1.807) is 0 Å². The van der Waals surface area contributed by atoms with E-state index in [9.17, 15) is 9.90 Å². The smallest absolute Gasteiger partial charge is 0.278 e. The van der Waals surface area contributed by atoms with Crippen molar-refractivity contribution in [1.29, 1.82) is 0 Å². The highest BCUT2D eigenvalue weighted by atomic mass is 19.1. The van der Waals surface area contributed by atoms with Gasteiger partial charge in [-0.25, -0.2) is 23.7 Å². The highest BCUT2D eigenvalue weighted by Crippen LogP contribution is 2.44. The molecule has 1 aromatic carbocycles. The monoisotopic (exact) mass is 503 g/mol. The highest BCUT2D eigenvalue weighted by Gasteiger charge is 2.44. The number of fused-ring (bicyclic) bond motifs is 2. The number of nitrogens with one attached hydrogen (secondary N) is 2. The molecule has 9 nitrogen and oxygen atoms in total. The number of nitrogens with zero attached hydrogens (tertiary/aromatic N) is 5. The summed E-state index contributed by atoms with van der Waals surface area (Å²) in [5.74, 6) is -0.412. The zero-order valence-corrected chi connectivity index (χ0v) is 21.3. The van der Waals surface area contributed by atoms with Crippen molar-refractivity contribution in [3.8, 4) is 5.82 Å². The summed E-state index contributed by atoms with van der Waals surface area (Å²) in [5.41, 5.74) is 2.59. The van der Waals surface area contributed by atoms with Crippen LogP contribution in [0.5, 0.6) is 0 Å². The summed E-state index contributed by atoms with van der Waals surface area (Å²) >= 11 is 0. The summed E-state index contributed by atoms with van der Waals surface area (Å²) in [6, 6.07) is 8.65. The second-order valence-electron chi connectivity index (χ2n) is 11.0. The fourth-order valence-corrected chi connectivity index (χ4v) is 5.16. The van der Waals surface area contributed by atoms with Gasteiger partial charge in [0.25, 0.3) is 5.56 Å². The second-order valence-corrected chi connectivity index (χ2v) is 11.0. The van der Waals surface area contributed by atoms with Gasteiger partial charge in [-0.3, -0.25) is 4.79 Å². The molecule has 0 unspecified atom stereocenters. The van der Waals surface area contributed by atoms with Gasteiger partial charge in [-0.2, -0.15) is 4.98 Å². The van der Waals surface area contributed by atoms with Gasteiger partial charge in [-0.1, -0.05) is 19.9 Å². The minimum atomic E-state index is -1.05. The molecule has 10 heteroatoms. The Hall–Kier alpha value is -3.63. The van der Waals surface area contributed by atoms with Crippen LogP contribution < -0.4 is 16.2 Å². The maximum Gasteiger partial charge on any atom is 0.278 e. The Kier molecular flexibility index (Phi) is 5.26. The van der Waals surface area contributed by atoms with Crippen molar-refractivity contribution in [2.24, 2.45) is 0 Å². The lowest BCUT2D eigenvalue weighted by atomic mass is 9.79. The molecule has 0 saturated heterocycles. The molecule has 1 aliphatic carbocycles. The molecule has 6 rings (SSSR count). The number of halogens is 1. The molecule has 1 fully saturated rings. The van der Waals surface area contributed by atoms with E-state index < -0.39 is 11.4 Å². The van der Waals surface area contributed by atoms with Gasteiger partial charge in [-0.05, 0) is 62.1 Å². The summed E-state index contributed by atoms with van der Waals surface area (Å²) in [4.78, 5) is 26.8. The van der Waals surface area contributed by atoms with E-state index in [4.69, 9.17) is 0 Å². The van der Waals surface area contributed by atoms with E-state index in [2.05, 4.69) is 51.6 Å². The average Bonchev–Trinajstić information content (AvgIpc) is 3.53. The van der Waals surface area contributed by atoms with Crippen molar-refractivity contribution in [3.05, 3.63) is 69.5 Å². The number of aromatic nitrogens is 5. The van der Waals surface area contributed by atoms with Crippen LogP contribution in [0.15, 0.2) is 41.3 Å². The third kappa shape index (κ3) is 3.91. The van der Waals surface area contributed by atoms with E-state index in [1.165, 1.54) is 38.8 Å². The maximum absolute atomic E-state index is 15.2. The van der Waals surface area contributed by atoms with Gasteiger partial charge in [0.05, 0.1) is 5.69 Å². The van der Waals surface area contributed by atoms with Crippen LogP contribution in [0.25, 0.3) is 16.9 Å². The lowest BCUT2D eigenvalue weighted by Gasteiger charge is -2.33. The molecular formula is C27H30FN7O2. The van der Waals surface area contributed by atoms with E-state index in [0.29, 0.717) is 18.5 Å². The molecule has 4 heterocycles. The van der Waals surface area contributed by atoms with Crippen molar-refractivity contribution < 1.29 is 9.50 Å². The first-order valence-corrected chi connectivity index (χ1v) is 12.6. The topological polar surface area (TPSA) is 110 Å². The zero-order valence-electron chi connectivity index (χ0n) is 21.3. The Bertz CT molecular complexity index is 1600. The minimum Gasteiger partial charge on any atom is -0.384 e. The molecular weight excluding hydrogens is 473 g/mol. The third-order valence-corrected chi connectivity index (χ3v) is 7.31. The van der Waals surface area contributed by atoms with Crippen LogP contribution in [0.4, 0.5) is 16.0 Å². The molecule has 37 heavy (non-hydrogen) atoms. The Morgan fingerprint density at radius 1 is 1.16 bits per heavy atom. The Balaban J connectivity index is 1.47. The number of anilines is 2. The van der Waals surface area contributed by atoms with Gasteiger partial charge < -0.3 is 15.7 Å². The predicted octanol–water partition coefficient (Wildman–Crippen LogP) is 3.80. The number of aliphatic hydroxyl groups is 1. The molecule has 4 aromatic rings. The standard InChI is InChI=1S/C27H30FN7O2/c1-15(2)34-24(36)18-13-30-25(31-17-5-6-19-16(11-17)12-29-14-26(19,3)4)33-22(18)35(34)23-20(28)7-8-21(32-23)27(37)9-10-27/h5-8,11,13,15,29,37H,9-10,12,14H2,1-4H3,(H,30,31,33). The fraction of sp³-hybridized carbons (Fsp3) is 0.407. The zero-order chi connectivity index (χ0) is 26.1. The van der Waals surface area contributed by atoms with Gasteiger partial charge in [0.15, 0.2) is 17.3 Å². The average molecular weight is 504 g/mol. The summed E-state index contributed by atoms with van der Waals surface area (Å²) in [6.07, 6.45) is 2.60. The SMILES string of the molecule is CC(C)n1c(=O)c2cnc(Nc3ccc4c(c3)CNCC4(C)C)nc2n1-c1nc(C2(O)CC2)ccc1F. The highest BCUT2D eigenvalue weighted by molar-refractivity contribution is 5.77. The van der Waals surface area contributed by atoms with Crippen molar-refractivity contribution in [1.82, 2.24) is 29.6 Å². The summed E-state index contributed by atoms with van der Waals surface area (Å²) in [7, 11) is 0. The largest absolute Gasteiger partial charge is 0.384 e. The minimum absolute atomic E-state index is 0.0383. The van der Waals surface area contributed by atoms with Gasteiger partial charge in [0.1, 0.15) is 11.0 Å². The Labute approximate surface area is 213 Å². The number of hydrogen-bond acceptors (Lipinski definition) is 7. The molecule has 192 valence electrons. The molecule has 0 amide bonds. The van der Waals surface area contributed by atoms with Crippen LogP contribution in [0.3, 0.4) is 0 Å². The Morgan fingerprint density at radius 3 is 2.68 bits per heavy atom. The first kappa shape index (κ1) is 23.7. The van der Waals surface area contributed by atoms with E-state index in [0.717, 1.165) is 18.8 Å². The molecule has 3 N–H and O–H groups in total. The van der Waals surface area contributed by atoms with Crippen molar-refractivity contribution >= 4 is 22.7 Å². The first-order valence-electron chi connectivity index (χ1n) is 12.6. The Morgan fingerprint density at radius 2 is 1.95 bits per heavy atom. The normalized spacial score (nSPS) is 17.7. The molecule has 3 aromatic heterocycles. The quantitative estimate of drug-likeness (QED) is 0.380. The molecule has 1 saturated carbocycles. The predicted molar refractivity (Wildman–Crippen MR) is 139 cm³/mol. The third-order valence-electron chi connectivity index (χ3n) is 7.31. The van der Waals surface area contributed by atoms with Gasteiger partial charge in [0, 0.05) is 36.4 Å². The maximum atomic E-state index is 15.2. The van der Waals surface area contributed by atoms with Crippen LogP contribution in [-0.4, -0.2) is 36.0 Å². The molecule has 0 radical (unpaired) electrons. The van der Waals surface area contributed by atoms with Crippen molar-refractivity contribution in [3.63, 3.8) is 0 Å². The second kappa shape index (κ2) is 8.19. The first-order chi connectivity index (χ1) is 17.6. The molecule has 0 spiro atoms.